The summed E-state index contributed by atoms with van der Waals surface area (Å²) >= 11 is 1.45. The lowest BCUT2D eigenvalue weighted by atomic mass is 10.3. The Bertz CT molecular complexity index is 1620. The van der Waals surface area contributed by atoms with Crippen LogP contribution >= 0.6 is 11.3 Å². The number of methoxy groups -OCH3 is 2. The third kappa shape index (κ3) is 4.65. The zero-order chi connectivity index (χ0) is 25.3. The minimum absolute atomic E-state index is 0.0199. The average Bonchev–Trinajstić information content (AvgIpc) is 3.46. The van der Waals surface area contributed by atoms with Gasteiger partial charge < -0.3 is 14.8 Å². The van der Waals surface area contributed by atoms with Gasteiger partial charge in [0.1, 0.15) is 11.3 Å². The van der Waals surface area contributed by atoms with Gasteiger partial charge in [-0.1, -0.05) is 6.07 Å². The number of ether oxygens (including phenoxy) is 2. The van der Waals surface area contributed by atoms with Crippen LogP contribution in [0.1, 0.15) is 5.69 Å². The van der Waals surface area contributed by atoms with Crippen LogP contribution in [0.2, 0.25) is 0 Å². The molecule has 184 valence electrons. The Hall–Kier alpha value is -4.23. The molecule has 0 spiro atoms. The number of thiazole rings is 1. The number of hydrogen-bond acceptors (Lipinski definition) is 10. The van der Waals surface area contributed by atoms with Crippen molar-refractivity contribution in [2.45, 2.75) is 11.8 Å². The molecule has 0 amide bonds. The zero-order valence-corrected chi connectivity index (χ0v) is 21.1. The third-order valence-electron chi connectivity index (χ3n) is 5.18. The lowest BCUT2D eigenvalue weighted by Gasteiger charge is -2.10. The minimum atomic E-state index is -3.91. The molecule has 0 aliphatic carbocycles. The van der Waals surface area contributed by atoms with Gasteiger partial charge in [0.2, 0.25) is 5.88 Å². The molecule has 0 saturated heterocycles. The van der Waals surface area contributed by atoms with E-state index in [1.54, 1.807) is 12.1 Å². The molecule has 0 bridgehead atoms. The number of pyridine rings is 1. The van der Waals surface area contributed by atoms with E-state index < -0.39 is 10.0 Å². The Labute approximate surface area is 210 Å². The predicted octanol–water partition coefficient (Wildman–Crippen LogP) is 4.12. The number of hydrogen-bond donors (Lipinski definition) is 2. The number of aromatic nitrogens is 5. The standard InChI is InChI=1S/C23H21N7O4S2/c1-14-21(30-11-5-4-6-19(30)24-14)17-13-35-23(26-17)25-15-7-9-16(10-8-15)36(31,32)29-18-12-20(33-2)28-22(27-18)34-3/h4-13H,1-3H3,(H,25,26)(H,27,28,29). The molecule has 0 aliphatic rings. The molecule has 0 saturated carbocycles. The Balaban J connectivity index is 1.33. The van der Waals surface area contributed by atoms with Gasteiger partial charge in [-0.05, 0) is 43.3 Å². The van der Waals surface area contributed by atoms with Crippen LogP contribution in [0.25, 0.3) is 17.0 Å². The largest absolute Gasteiger partial charge is 0.481 e. The number of rotatable bonds is 8. The highest BCUT2D eigenvalue weighted by molar-refractivity contribution is 7.92. The monoisotopic (exact) mass is 523 g/mol. The number of benzene rings is 1. The van der Waals surface area contributed by atoms with Crippen molar-refractivity contribution >= 4 is 43.6 Å². The van der Waals surface area contributed by atoms with Gasteiger partial charge in [-0.15, -0.1) is 11.3 Å². The summed E-state index contributed by atoms with van der Waals surface area (Å²) in [7, 11) is -1.11. The van der Waals surface area contributed by atoms with Crippen molar-refractivity contribution in [1.29, 1.82) is 0 Å². The van der Waals surface area contributed by atoms with Crippen LogP contribution in [0, 0.1) is 6.92 Å². The normalized spacial score (nSPS) is 11.4. The molecule has 0 atom stereocenters. The summed E-state index contributed by atoms with van der Waals surface area (Å²) in [4.78, 5) is 17.3. The van der Waals surface area contributed by atoms with Gasteiger partial charge in [0.25, 0.3) is 10.0 Å². The first kappa shape index (κ1) is 23.5. The average molecular weight is 524 g/mol. The van der Waals surface area contributed by atoms with Crippen LogP contribution in [-0.4, -0.2) is 47.0 Å². The lowest BCUT2D eigenvalue weighted by Crippen LogP contribution is -2.14. The molecule has 13 heteroatoms. The molecule has 4 heterocycles. The van der Waals surface area contributed by atoms with E-state index in [1.807, 2.05) is 41.1 Å². The van der Waals surface area contributed by atoms with Crippen LogP contribution in [0.15, 0.2) is 65.0 Å². The van der Waals surface area contributed by atoms with Crippen molar-refractivity contribution in [2.75, 3.05) is 24.3 Å². The second-order valence-corrected chi connectivity index (χ2v) is 10.1. The minimum Gasteiger partial charge on any atom is -0.481 e. The van der Waals surface area contributed by atoms with Crippen LogP contribution in [0.3, 0.4) is 0 Å². The highest BCUT2D eigenvalue weighted by atomic mass is 32.2. The predicted molar refractivity (Wildman–Crippen MR) is 137 cm³/mol. The summed E-state index contributed by atoms with van der Waals surface area (Å²) in [5, 5.41) is 5.85. The summed E-state index contributed by atoms with van der Waals surface area (Å²) in [5.74, 6) is 0.194. The molecular formula is C23H21N7O4S2. The van der Waals surface area contributed by atoms with Crippen molar-refractivity contribution in [1.82, 2.24) is 24.3 Å². The van der Waals surface area contributed by atoms with E-state index in [1.165, 1.54) is 43.8 Å². The second-order valence-electron chi connectivity index (χ2n) is 7.55. The molecular weight excluding hydrogens is 502 g/mol. The van der Waals surface area contributed by atoms with Crippen LogP contribution in [0.4, 0.5) is 16.6 Å². The van der Waals surface area contributed by atoms with Gasteiger partial charge in [-0.3, -0.25) is 9.12 Å². The maximum Gasteiger partial charge on any atom is 0.321 e. The maximum absolute atomic E-state index is 12.9. The fourth-order valence-electron chi connectivity index (χ4n) is 3.55. The molecule has 2 N–H and O–H groups in total. The van der Waals surface area contributed by atoms with Gasteiger partial charge in [-0.25, -0.2) is 18.4 Å². The summed E-state index contributed by atoms with van der Waals surface area (Å²) in [6.07, 6.45) is 1.96. The number of anilines is 3. The summed E-state index contributed by atoms with van der Waals surface area (Å²) in [6, 6.07) is 13.5. The quantitative estimate of drug-likeness (QED) is 0.308. The summed E-state index contributed by atoms with van der Waals surface area (Å²) < 4.78 is 40.2. The van der Waals surface area contributed by atoms with E-state index in [0.29, 0.717) is 10.8 Å². The van der Waals surface area contributed by atoms with Crippen molar-refractivity contribution in [3.8, 4) is 23.3 Å². The Morgan fingerprint density at radius 2 is 1.78 bits per heavy atom. The first-order chi connectivity index (χ1) is 17.4. The zero-order valence-electron chi connectivity index (χ0n) is 19.5. The van der Waals surface area contributed by atoms with E-state index in [9.17, 15) is 8.42 Å². The molecule has 4 aromatic heterocycles. The van der Waals surface area contributed by atoms with Crippen molar-refractivity contribution in [3.63, 3.8) is 0 Å². The Morgan fingerprint density at radius 1 is 0.972 bits per heavy atom. The van der Waals surface area contributed by atoms with Crippen molar-refractivity contribution in [3.05, 3.63) is 65.8 Å². The van der Waals surface area contributed by atoms with E-state index in [-0.39, 0.29) is 22.6 Å². The number of nitrogens with one attached hydrogen (secondary N) is 2. The van der Waals surface area contributed by atoms with E-state index >= 15 is 0 Å². The van der Waals surface area contributed by atoms with E-state index in [0.717, 1.165) is 22.7 Å². The number of imidazole rings is 1. The molecule has 5 rings (SSSR count). The van der Waals surface area contributed by atoms with Crippen molar-refractivity contribution in [2.24, 2.45) is 0 Å². The Kier molecular flexibility index (Phi) is 6.16. The highest BCUT2D eigenvalue weighted by Gasteiger charge is 2.18. The van der Waals surface area contributed by atoms with Gasteiger partial charge in [0, 0.05) is 23.3 Å². The maximum atomic E-state index is 12.9. The van der Waals surface area contributed by atoms with E-state index in [4.69, 9.17) is 14.5 Å². The summed E-state index contributed by atoms with van der Waals surface area (Å²) in [5.41, 5.74) is 4.17. The highest BCUT2D eigenvalue weighted by Crippen LogP contribution is 2.30. The van der Waals surface area contributed by atoms with E-state index in [2.05, 4.69) is 25.0 Å². The number of fused-ring (bicyclic) bond motifs is 1. The molecule has 5 aromatic rings. The Morgan fingerprint density at radius 3 is 2.53 bits per heavy atom. The molecule has 0 fully saturated rings. The fraction of sp³-hybridized carbons (Fsp3) is 0.130. The van der Waals surface area contributed by atoms with Gasteiger partial charge in [0.05, 0.1) is 30.5 Å². The topological polar surface area (TPSA) is 133 Å². The van der Waals surface area contributed by atoms with Gasteiger partial charge >= 0.3 is 6.01 Å². The van der Waals surface area contributed by atoms with Crippen molar-refractivity contribution < 1.29 is 17.9 Å². The van der Waals surface area contributed by atoms with Crippen LogP contribution in [0.5, 0.6) is 11.9 Å². The van der Waals surface area contributed by atoms with Gasteiger partial charge in [0.15, 0.2) is 10.9 Å². The second kappa shape index (κ2) is 9.43. The van der Waals surface area contributed by atoms with Crippen LogP contribution < -0.4 is 19.5 Å². The van der Waals surface area contributed by atoms with Gasteiger partial charge in [-0.2, -0.15) is 9.97 Å². The SMILES string of the molecule is COc1cc(NS(=O)(=O)c2ccc(Nc3nc(-c4c(C)nc5ccccn45)cs3)cc2)nc(OC)n1. The molecule has 36 heavy (non-hydrogen) atoms. The number of nitrogens with zero attached hydrogens (tertiary/aromatic N) is 5. The molecule has 0 unspecified atom stereocenters. The molecule has 11 nitrogen and oxygen atoms in total. The number of sulfonamides is 1. The molecule has 0 aliphatic heterocycles. The van der Waals surface area contributed by atoms with Crippen LogP contribution in [-0.2, 0) is 10.0 Å². The number of aryl methyl sites for hydroxylation is 1. The fourth-order valence-corrected chi connectivity index (χ4v) is 5.26. The smallest absolute Gasteiger partial charge is 0.321 e. The molecule has 1 aromatic carbocycles. The first-order valence-corrected chi connectivity index (χ1v) is 13.0. The lowest BCUT2D eigenvalue weighted by molar-refractivity contribution is 0.353. The summed E-state index contributed by atoms with van der Waals surface area (Å²) in [6.45, 7) is 1.95. The molecule has 0 radical (unpaired) electrons. The first-order valence-electron chi connectivity index (χ1n) is 10.6. The third-order valence-corrected chi connectivity index (χ3v) is 7.31.